The Labute approximate surface area is 112 Å². The second kappa shape index (κ2) is 5.57. The summed E-state index contributed by atoms with van der Waals surface area (Å²) in [7, 11) is 2.02. The van der Waals surface area contributed by atoms with E-state index in [1.54, 1.807) is 18.2 Å². The lowest BCUT2D eigenvalue weighted by atomic mass is 9.85. The zero-order chi connectivity index (χ0) is 13.1. The van der Waals surface area contributed by atoms with Crippen LogP contribution in [0.3, 0.4) is 0 Å². The molecule has 2 rings (SSSR count). The number of hydrogen-bond acceptors (Lipinski definition) is 3. The minimum absolute atomic E-state index is 0.103. The predicted molar refractivity (Wildman–Crippen MR) is 73.3 cm³/mol. The maximum absolute atomic E-state index is 10.7. The average Bonchev–Trinajstić information content (AvgIpc) is 2.32. The first-order valence-corrected chi connectivity index (χ1v) is 6.69. The molecule has 1 saturated carbocycles. The Morgan fingerprint density at radius 3 is 2.72 bits per heavy atom. The van der Waals surface area contributed by atoms with Gasteiger partial charge in [0.15, 0.2) is 0 Å². The first-order chi connectivity index (χ1) is 8.61. The molecule has 0 atom stereocenters. The Morgan fingerprint density at radius 1 is 1.50 bits per heavy atom. The number of nitrogens with zero attached hydrogens (tertiary/aromatic N) is 2. The van der Waals surface area contributed by atoms with Crippen LogP contribution in [0.25, 0.3) is 0 Å². The molecule has 0 amide bonds. The van der Waals surface area contributed by atoms with E-state index < -0.39 is 0 Å². The number of nitro benzene ring substituents is 1. The number of benzene rings is 1. The SMILES string of the molecule is CN(CC1CCC1)c1ccc([N+](=O)[O-])cc1CCl. The van der Waals surface area contributed by atoms with Crippen LogP contribution >= 0.6 is 11.6 Å². The van der Waals surface area contributed by atoms with Crippen LogP contribution in [0.5, 0.6) is 0 Å². The highest BCUT2D eigenvalue weighted by atomic mass is 35.5. The van der Waals surface area contributed by atoms with Gasteiger partial charge in [-0.2, -0.15) is 0 Å². The third kappa shape index (κ3) is 2.75. The Bertz CT molecular complexity index is 447. The van der Waals surface area contributed by atoms with E-state index >= 15 is 0 Å². The summed E-state index contributed by atoms with van der Waals surface area (Å²) < 4.78 is 0. The Kier molecular flexibility index (Phi) is 4.07. The second-order valence-corrected chi connectivity index (χ2v) is 5.15. The van der Waals surface area contributed by atoms with Crippen LogP contribution in [0.1, 0.15) is 24.8 Å². The number of anilines is 1. The van der Waals surface area contributed by atoms with Crippen LogP contribution in [0.2, 0.25) is 0 Å². The quantitative estimate of drug-likeness (QED) is 0.466. The largest absolute Gasteiger partial charge is 0.374 e. The molecule has 0 radical (unpaired) electrons. The van der Waals surface area contributed by atoms with Gasteiger partial charge in [-0.15, -0.1) is 11.6 Å². The molecule has 0 unspecified atom stereocenters. The lowest BCUT2D eigenvalue weighted by molar-refractivity contribution is -0.384. The van der Waals surface area contributed by atoms with Gasteiger partial charge in [0.25, 0.3) is 5.69 Å². The zero-order valence-electron chi connectivity index (χ0n) is 10.4. The van der Waals surface area contributed by atoms with E-state index in [1.807, 2.05) is 7.05 Å². The minimum atomic E-state index is -0.383. The number of nitro groups is 1. The number of rotatable bonds is 5. The Morgan fingerprint density at radius 2 is 2.22 bits per heavy atom. The molecule has 18 heavy (non-hydrogen) atoms. The van der Waals surface area contributed by atoms with Crippen LogP contribution in [-0.4, -0.2) is 18.5 Å². The van der Waals surface area contributed by atoms with Crippen molar-refractivity contribution >= 4 is 23.0 Å². The molecule has 0 heterocycles. The van der Waals surface area contributed by atoms with Crippen LogP contribution in [0, 0.1) is 16.0 Å². The van der Waals surface area contributed by atoms with Crippen molar-refractivity contribution in [1.82, 2.24) is 0 Å². The number of hydrogen-bond donors (Lipinski definition) is 0. The van der Waals surface area contributed by atoms with E-state index in [2.05, 4.69) is 4.90 Å². The lowest BCUT2D eigenvalue weighted by Crippen LogP contribution is -2.29. The van der Waals surface area contributed by atoms with E-state index in [-0.39, 0.29) is 10.6 Å². The van der Waals surface area contributed by atoms with Gasteiger partial charge in [0, 0.05) is 37.3 Å². The van der Waals surface area contributed by atoms with Gasteiger partial charge in [0.05, 0.1) is 4.92 Å². The first-order valence-electron chi connectivity index (χ1n) is 6.16. The molecule has 4 nitrogen and oxygen atoms in total. The van der Waals surface area contributed by atoms with Crippen molar-refractivity contribution in [3.05, 3.63) is 33.9 Å². The molecule has 1 aromatic carbocycles. The molecule has 0 saturated heterocycles. The van der Waals surface area contributed by atoms with Crippen molar-refractivity contribution in [2.75, 3.05) is 18.5 Å². The fourth-order valence-corrected chi connectivity index (χ4v) is 2.54. The molecular formula is C13H17ClN2O2. The van der Waals surface area contributed by atoms with Gasteiger partial charge in [0.1, 0.15) is 0 Å². The highest BCUT2D eigenvalue weighted by molar-refractivity contribution is 6.17. The molecule has 98 valence electrons. The maximum Gasteiger partial charge on any atom is 0.269 e. The van der Waals surface area contributed by atoms with Crippen molar-refractivity contribution in [2.45, 2.75) is 25.1 Å². The summed E-state index contributed by atoms with van der Waals surface area (Å²) in [6, 6.07) is 4.91. The predicted octanol–water partition coefficient (Wildman–Crippen LogP) is 3.57. The smallest absolute Gasteiger partial charge is 0.269 e. The average molecular weight is 269 g/mol. The summed E-state index contributed by atoms with van der Waals surface area (Å²) >= 11 is 5.89. The van der Waals surface area contributed by atoms with Gasteiger partial charge < -0.3 is 4.90 Å². The van der Waals surface area contributed by atoms with E-state index in [9.17, 15) is 10.1 Å². The highest BCUT2D eigenvalue weighted by Gasteiger charge is 2.21. The van der Waals surface area contributed by atoms with Crippen molar-refractivity contribution in [2.24, 2.45) is 5.92 Å². The zero-order valence-corrected chi connectivity index (χ0v) is 11.2. The molecule has 0 bridgehead atoms. The molecule has 1 fully saturated rings. The van der Waals surface area contributed by atoms with Gasteiger partial charge in [-0.1, -0.05) is 6.42 Å². The normalized spacial score (nSPS) is 15.2. The van der Waals surface area contributed by atoms with Crippen molar-refractivity contribution in [3.63, 3.8) is 0 Å². The van der Waals surface area contributed by atoms with Crippen LogP contribution in [-0.2, 0) is 5.88 Å². The van der Waals surface area contributed by atoms with Gasteiger partial charge in [0.2, 0.25) is 0 Å². The molecule has 1 aliphatic rings. The molecule has 0 spiro atoms. The van der Waals surface area contributed by atoms with Crippen molar-refractivity contribution in [1.29, 1.82) is 0 Å². The first kappa shape index (κ1) is 13.1. The summed E-state index contributed by atoms with van der Waals surface area (Å²) in [6.45, 7) is 1.00. The van der Waals surface area contributed by atoms with E-state index in [1.165, 1.54) is 19.3 Å². The number of alkyl halides is 1. The van der Waals surface area contributed by atoms with Gasteiger partial charge in [-0.05, 0) is 30.4 Å². The fourth-order valence-electron chi connectivity index (χ4n) is 2.33. The van der Waals surface area contributed by atoms with E-state index in [0.29, 0.717) is 5.88 Å². The van der Waals surface area contributed by atoms with Crippen LogP contribution in [0.15, 0.2) is 18.2 Å². The number of halogens is 1. The lowest BCUT2D eigenvalue weighted by Gasteiger charge is -2.32. The minimum Gasteiger partial charge on any atom is -0.374 e. The molecule has 0 N–H and O–H groups in total. The van der Waals surface area contributed by atoms with Crippen LogP contribution < -0.4 is 4.90 Å². The fraction of sp³-hybridized carbons (Fsp3) is 0.538. The molecule has 1 aromatic rings. The summed E-state index contributed by atoms with van der Waals surface area (Å²) in [5.74, 6) is 1.06. The Hall–Kier alpha value is -1.29. The van der Waals surface area contributed by atoms with Crippen molar-refractivity contribution in [3.8, 4) is 0 Å². The summed E-state index contributed by atoms with van der Waals surface area (Å²) in [4.78, 5) is 12.5. The van der Waals surface area contributed by atoms with Crippen molar-refractivity contribution < 1.29 is 4.92 Å². The monoisotopic (exact) mass is 268 g/mol. The summed E-state index contributed by atoms with van der Waals surface area (Å²) in [5.41, 5.74) is 1.93. The van der Waals surface area contributed by atoms with E-state index in [4.69, 9.17) is 11.6 Å². The van der Waals surface area contributed by atoms with Crippen LogP contribution in [0.4, 0.5) is 11.4 Å². The van der Waals surface area contributed by atoms with Gasteiger partial charge in [-0.25, -0.2) is 0 Å². The highest BCUT2D eigenvalue weighted by Crippen LogP contribution is 2.31. The topological polar surface area (TPSA) is 46.4 Å². The second-order valence-electron chi connectivity index (χ2n) is 4.88. The maximum atomic E-state index is 10.7. The Balaban J connectivity index is 2.17. The molecular weight excluding hydrogens is 252 g/mol. The standard InChI is InChI=1S/C13H17ClN2O2/c1-15(9-10-3-2-4-10)13-6-5-12(16(17)18)7-11(13)8-14/h5-7,10H,2-4,8-9H2,1H3. The number of non-ortho nitro benzene ring substituents is 1. The molecule has 5 heteroatoms. The molecule has 1 aliphatic carbocycles. The van der Waals surface area contributed by atoms with Gasteiger partial charge >= 0.3 is 0 Å². The third-order valence-corrected chi connectivity index (χ3v) is 3.87. The summed E-state index contributed by atoms with van der Waals surface area (Å²) in [6.07, 6.45) is 3.89. The van der Waals surface area contributed by atoms with E-state index in [0.717, 1.165) is 23.7 Å². The van der Waals surface area contributed by atoms with Gasteiger partial charge in [-0.3, -0.25) is 10.1 Å². The molecule has 0 aliphatic heterocycles. The molecule has 0 aromatic heterocycles. The summed E-state index contributed by atoms with van der Waals surface area (Å²) in [5, 5.41) is 10.7. The third-order valence-electron chi connectivity index (χ3n) is 3.59.